The Morgan fingerprint density at radius 1 is 1.03 bits per heavy atom. The maximum Gasteiger partial charge on any atom is 0.343 e. The summed E-state index contributed by atoms with van der Waals surface area (Å²) >= 11 is 0. The van der Waals surface area contributed by atoms with Gasteiger partial charge in [-0.1, -0.05) is 24.3 Å². The van der Waals surface area contributed by atoms with Gasteiger partial charge in [-0.3, -0.25) is 0 Å². The number of hydrogen-bond donors (Lipinski definition) is 0. The topological polar surface area (TPSA) is 77.8 Å². The first-order valence-electron chi connectivity index (χ1n) is 9.15. The van der Waals surface area contributed by atoms with Gasteiger partial charge in [0.05, 0.1) is 24.3 Å². The van der Waals surface area contributed by atoms with Crippen LogP contribution < -0.4 is 18.9 Å². The Labute approximate surface area is 173 Å². The lowest BCUT2D eigenvalue weighted by molar-refractivity contribution is 0.0734. The molecule has 0 amide bonds. The number of allylic oxidation sites excluding steroid dienone is 1. The molecule has 1 heterocycles. The highest BCUT2D eigenvalue weighted by molar-refractivity contribution is 5.93. The molecule has 0 saturated carbocycles. The summed E-state index contributed by atoms with van der Waals surface area (Å²) in [5.41, 5.74) is 2.19. The smallest absolute Gasteiger partial charge is 0.343 e. The molecule has 0 saturated heterocycles. The Bertz CT molecular complexity index is 1180. The zero-order valence-electron chi connectivity index (χ0n) is 16.1. The number of ether oxygens (including phenoxy) is 4. The van der Waals surface area contributed by atoms with E-state index in [-0.39, 0.29) is 6.79 Å². The van der Waals surface area contributed by atoms with Crippen molar-refractivity contribution in [2.75, 3.05) is 13.9 Å². The number of nitrogens with zero attached hydrogens (tertiary/aromatic N) is 1. The van der Waals surface area contributed by atoms with Crippen molar-refractivity contribution < 1.29 is 23.7 Å². The van der Waals surface area contributed by atoms with Gasteiger partial charge in [-0.15, -0.1) is 0 Å². The number of carbonyl (C=O) groups is 1. The minimum atomic E-state index is -0.514. The van der Waals surface area contributed by atoms with Crippen molar-refractivity contribution in [3.05, 3.63) is 83.4 Å². The average Bonchev–Trinajstić information content (AvgIpc) is 3.25. The monoisotopic (exact) mass is 399 g/mol. The standard InChI is InChI=1S/C24H17NO5/c1-27-21-8-3-2-7-20(21)18(14-25)11-16-5-4-6-19(12-16)30-24(26)17-9-10-22-23(13-17)29-15-28-22/h2-13H,15H2,1H3/b18-11-. The van der Waals surface area contributed by atoms with Crippen LogP contribution in [0.5, 0.6) is 23.0 Å². The lowest BCUT2D eigenvalue weighted by Crippen LogP contribution is -2.08. The van der Waals surface area contributed by atoms with E-state index < -0.39 is 5.97 Å². The third-order valence-electron chi connectivity index (χ3n) is 4.51. The van der Waals surface area contributed by atoms with Gasteiger partial charge in [0, 0.05) is 5.56 Å². The second-order valence-corrected chi connectivity index (χ2v) is 6.40. The van der Waals surface area contributed by atoms with Gasteiger partial charge >= 0.3 is 5.97 Å². The summed E-state index contributed by atoms with van der Waals surface area (Å²) in [6, 6.07) is 21.3. The van der Waals surface area contributed by atoms with Crippen LogP contribution in [0.1, 0.15) is 21.5 Å². The van der Waals surface area contributed by atoms with Crippen molar-refractivity contribution in [3.8, 4) is 29.1 Å². The molecule has 0 bridgehead atoms. The minimum absolute atomic E-state index is 0.135. The third-order valence-corrected chi connectivity index (χ3v) is 4.51. The quantitative estimate of drug-likeness (QED) is 0.268. The molecule has 3 aromatic carbocycles. The normalized spacial score (nSPS) is 12.2. The summed E-state index contributed by atoms with van der Waals surface area (Å²) in [6.07, 6.45) is 1.72. The van der Waals surface area contributed by atoms with Crippen molar-refractivity contribution in [1.82, 2.24) is 0 Å². The summed E-state index contributed by atoms with van der Waals surface area (Å²) in [7, 11) is 1.56. The first-order valence-corrected chi connectivity index (χ1v) is 9.15. The Balaban J connectivity index is 1.57. The molecule has 0 fully saturated rings. The van der Waals surface area contributed by atoms with Crippen molar-refractivity contribution in [2.24, 2.45) is 0 Å². The molecule has 1 aliphatic heterocycles. The highest BCUT2D eigenvalue weighted by Gasteiger charge is 2.17. The fourth-order valence-electron chi connectivity index (χ4n) is 3.06. The molecule has 0 radical (unpaired) electrons. The van der Waals surface area contributed by atoms with E-state index in [0.717, 1.165) is 0 Å². The maximum absolute atomic E-state index is 12.5. The molecule has 148 valence electrons. The SMILES string of the molecule is COc1ccccc1/C(C#N)=C\c1cccc(OC(=O)c2ccc3c(c2)OCO3)c1. The van der Waals surface area contributed by atoms with Crippen LogP contribution in [0.4, 0.5) is 0 Å². The lowest BCUT2D eigenvalue weighted by atomic mass is 10.0. The molecule has 6 heteroatoms. The van der Waals surface area contributed by atoms with Crippen LogP contribution in [0.25, 0.3) is 11.6 Å². The van der Waals surface area contributed by atoms with Gasteiger partial charge in [0.1, 0.15) is 11.5 Å². The van der Waals surface area contributed by atoms with Crippen LogP contribution in [0, 0.1) is 11.3 Å². The van der Waals surface area contributed by atoms with Crippen LogP contribution in [0.15, 0.2) is 66.7 Å². The number of methoxy groups -OCH3 is 1. The van der Waals surface area contributed by atoms with Gasteiger partial charge < -0.3 is 18.9 Å². The van der Waals surface area contributed by atoms with Crippen molar-refractivity contribution in [3.63, 3.8) is 0 Å². The van der Waals surface area contributed by atoms with Crippen LogP contribution in [0.3, 0.4) is 0 Å². The Morgan fingerprint density at radius 3 is 2.70 bits per heavy atom. The molecule has 0 aliphatic carbocycles. The number of hydrogen-bond acceptors (Lipinski definition) is 6. The summed E-state index contributed by atoms with van der Waals surface area (Å²) in [5, 5.41) is 9.62. The van der Waals surface area contributed by atoms with Gasteiger partial charge in [-0.2, -0.15) is 5.26 Å². The molecule has 0 unspecified atom stereocenters. The summed E-state index contributed by atoms with van der Waals surface area (Å²) in [5.74, 6) is 1.56. The molecule has 0 N–H and O–H groups in total. The molecule has 6 nitrogen and oxygen atoms in total. The Kier molecular flexibility index (Phi) is 5.35. The van der Waals surface area contributed by atoms with Crippen LogP contribution >= 0.6 is 0 Å². The average molecular weight is 399 g/mol. The second kappa shape index (κ2) is 8.41. The predicted octanol–water partition coefficient (Wildman–Crippen LogP) is 4.71. The van der Waals surface area contributed by atoms with Crippen molar-refractivity contribution in [2.45, 2.75) is 0 Å². The third kappa shape index (κ3) is 3.96. The van der Waals surface area contributed by atoms with E-state index in [2.05, 4.69) is 6.07 Å². The summed E-state index contributed by atoms with van der Waals surface area (Å²) in [4.78, 5) is 12.5. The Morgan fingerprint density at radius 2 is 1.87 bits per heavy atom. The molecule has 3 aromatic rings. The predicted molar refractivity (Wildman–Crippen MR) is 110 cm³/mol. The highest BCUT2D eigenvalue weighted by atomic mass is 16.7. The van der Waals surface area contributed by atoms with Gasteiger partial charge in [0.2, 0.25) is 6.79 Å². The molecule has 1 aliphatic rings. The molecule has 0 atom stereocenters. The Hall–Kier alpha value is -4.24. The van der Waals surface area contributed by atoms with Crippen molar-refractivity contribution in [1.29, 1.82) is 5.26 Å². The van der Waals surface area contributed by atoms with Gasteiger partial charge in [0.15, 0.2) is 11.5 Å². The largest absolute Gasteiger partial charge is 0.496 e. The number of carbonyl (C=O) groups excluding carboxylic acids is 1. The van der Waals surface area contributed by atoms with Crippen LogP contribution in [-0.4, -0.2) is 19.9 Å². The van der Waals surface area contributed by atoms with E-state index >= 15 is 0 Å². The number of para-hydroxylation sites is 1. The number of benzene rings is 3. The molecule has 30 heavy (non-hydrogen) atoms. The first-order chi connectivity index (χ1) is 14.7. The van der Waals surface area contributed by atoms with Gasteiger partial charge in [0.25, 0.3) is 0 Å². The van der Waals surface area contributed by atoms with Gasteiger partial charge in [-0.25, -0.2) is 4.79 Å². The summed E-state index contributed by atoms with van der Waals surface area (Å²) < 4.78 is 21.4. The fraction of sp³-hybridized carbons (Fsp3) is 0.0833. The molecule has 0 spiro atoms. The molecule has 4 rings (SSSR count). The van der Waals surface area contributed by atoms with Crippen LogP contribution in [-0.2, 0) is 0 Å². The zero-order chi connectivity index (χ0) is 20.9. The van der Waals surface area contributed by atoms with E-state index in [9.17, 15) is 10.1 Å². The van der Waals surface area contributed by atoms with E-state index in [1.54, 1.807) is 55.7 Å². The number of rotatable bonds is 5. The second-order valence-electron chi connectivity index (χ2n) is 6.40. The van der Waals surface area contributed by atoms with Crippen molar-refractivity contribution >= 4 is 17.6 Å². The van der Waals surface area contributed by atoms with E-state index in [1.165, 1.54) is 0 Å². The molecular weight excluding hydrogens is 382 g/mol. The lowest BCUT2D eigenvalue weighted by Gasteiger charge is -2.08. The number of esters is 1. The minimum Gasteiger partial charge on any atom is -0.496 e. The molecular formula is C24H17NO5. The van der Waals surface area contributed by atoms with E-state index in [0.29, 0.717) is 45.3 Å². The number of nitriles is 1. The van der Waals surface area contributed by atoms with E-state index in [1.807, 2.05) is 24.3 Å². The fourth-order valence-corrected chi connectivity index (χ4v) is 3.06. The molecule has 0 aromatic heterocycles. The van der Waals surface area contributed by atoms with E-state index in [4.69, 9.17) is 18.9 Å². The first kappa shape index (κ1) is 19.1. The van der Waals surface area contributed by atoms with Crippen LogP contribution in [0.2, 0.25) is 0 Å². The maximum atomic E-state index is 12.5. The number of fused-ring (bicyclic) bond motifs is 1. The zero-order valence-corrected chi connectivity index (χ0v) is 16.1. The van der Waals surface area contributed by atoms with Gasteiger partial charge in [-0.05, 0) is 54.1 Å². The summed E-state index contributed by atoms with van der Waals surface area (Å²) in [6.45, 7) is 0.135. The highest BCUT2D eigenvalue weighted by Crippen LogP contribution is 2.33.